The zero-order valence-corrected chi connectivity index (χ0v) is 17.7. The van der Waals surface area contributed by atoms with Crippen LogP contribution in [0.3, 0.4) is 0 Å². The maximum atomic E-state index is 12.5. The van der Waals surface area contributed by atoms with Crippen molar-refractivity contribution in [1.29, 1.82) is 0 Å². The van der Waals surface area contributed by atoms with E-state index in [4.69, 9.17) is 14.2 Å². The minimum absolute atomic E-state index is 0.0328. The molecule has 10 nitrogen and oxygen atoms in total. The number of ether oxygens (including phenoxy) is 3. The Hall–Kier alpha value is -1.91. The second-order valence-electron chi connectivity index (χ2n) is 8.63. The smallest absolute Gasteiger partial charge is 0.410 e. The van der Waals surface area contributed by atoms with Crippen molar-refractivity contribution in [3.63, 3.8) is 0 Å². The third-order valence-corrected chi connectivity index (χ3v) is 6.62. The molecule has 0 saturated carbocycles. The highest BCUT2D eigenvalue weighted by Gasteiger charge is 2.51. The summed E-state index contributed by atoms with van der Waals surface area (Å²) in [5.74, 6) is -0.0883. The molecule has 4 fully saturated rings. The van der Waals surface area contributed by atoms with Crippen molar-refractivity contribution in [2.45, 2.75) is 56.6 Å². The van der Waals surface area contributed by atoms with Gasteiger partial charge in [-0.15, -0.1) is 0 Å². The number of hydrogen-bond donors (Lipinski definition) is 1. The van der Waals surface area contributed by atoms with Crippen molar-refractivity contribution in [3.05, 3.63) is 0 Å². The molecule has 30 heavy (non-hydrogen) atoms. The normalized spacial score (nSPS) is 32.4. The molecule has 168 valence electrons. The number of amides is 3. The summed E-state index contributed by atoms with van der Waals surface area (Å²) in [5, 5.41) is 2.94. The Bertz CT molecular complexity index is 670. The molecule has 4 saturated heterocycles. The van der Waals surface area contributed by atoms with E-state index in [-0.39, 0.29) is 48.7 Å². The van der Waals surface area contributed by atoms with Gasteiger partial charge < -0.3 is 24.4 Å². The van der Waals surface area contributed by atoms with Gasteiger partial charge in [-0.05, 0) is 26.2 Å². The van der Waals surface area contributed by atoms with Gasteiger partial charge in [0.25, 0.3) is 5.91 Å². The van der Waals surface area contributed by atoms with Gasteiger partial charge in [-0.2, -0.15) is 0 Å². The number of methoxy groups -OCH3 is 1. The fourth-order valence-electron chi connectivity index (χ4n) is 4.91. The Balaban J connectivity index is 1.28. The molecule has 4 heterocycles. The maximum Gasteiger partial charge on any atom is 0.410 e. The zero-order chi connectivity index (χ0) is 21.3. The monoisotopic (exact) mass is 424 g/mol. The van der Waals surface area contributed by atoms with Gasteiger partial charge in [0, 0.05) is 46.4 Å². The highest BCUT2D eigenvalue weighted by molar-refractivity contribution is 5.81. The van der Waals surface area contributed by atoms with Crippen LogP contribution in [0.15, 0.2) is 0 Å². The molecule has 3 unspecified atom stereocenters. The summed E-state index contributed by atoms with van der Waals surface area (Å²) in [6.45, 7) is 5.58. The van der Waals surface area contributed by atoms with Crippen LogP contribution in [0.2, 0.25) is 0 Å². The lowest BCUT2D eigenvalue weighted by molar-refractivity contribution is -0.140. The summed E-state index contributed by atoms with van der Waals surface area (Å²) in [6, 6.07) is -0.142. The number of carbonyl (C=O) groups excluding carboxylic acids is 3. The molecule has 4 rings (SSSR count). The molecular formula is C20H32N4O6. The molecule has 4 aliphatic heterocycles. The predicted octanol–water partition coefficient (Wildman–Crippen LogP) is -0.578. The molecule has 3 amide bonds. The van der Waals surface area contributed by atoms with Crippen LogP contribution >= 0.6 is 0 Å². The zero-order valence-electron chi connectivity index (χ0n) is 17.7. The minimum Gasteiger partial charge on any atom is -0.442 e. The van der Waals surface area contributed by atoms with Gasteiger partial charge in [-0.3, -0.25) is 19.4 Å². The summed E-state index contributed by atoms with van der Waals surface area (Å²) in [5.41, 5.74) is 0. The highest BCUT2D eigenvalue weighted by atomic mass is 16.6. The molecule has 4 aliphatic rings. The van der Waals surface area contributed by atoms with Crippen LogP contribution < -0.4 is 5.32 Å². The first-order valence-electron chi connectivity index (χ1n) is 10.9. The summed E-state index contributed by atoms with van der Waals surface area (Å²) in [7, 11) is 1.52. The number of carbonyl (C=O) groups is 3. The van der Waals surface area contributed by atoms with Crippen LogP contribution in [-0.4, -0.2) is 116 Å². The Labute approximate surface area is 176 Å². The second kappa shape index (κ2) is 9.07. The SMILES string of the molecule is COC(C)C(=O)N1CCC(N2C(=O)O[C@H]3CN(CC(=O)NCC4CCCO4)C[C@H]32)C1. The average molecular weight is 424 g/mol. The van der Waals surface area contributed by atoms with Crippen molar-refractivity contribution >= 4 is 17.9 Å². The van der Waals surface area contributed by atoms with E-state index in [2.05, 4.69) is 5.32 Å². The second-order valence-corrected chi connectivity index (χ2v) is 8.63. The van der Waals surface area contributed by atoms with Gasteiger partial charge in [-0.1, -0.05) is 0 Å². The first-order valence-corrected chi connectivity index (χ1v) is 10.9. The summed E-state index contributed by atoms with van der Waals surface area (Å²) in [4.78, 5) is 42.7. The van der Waals surface area contributed by atoms with Crippen LogP contribution in [0, 0.1) is 0 Å². The topological polar surface area (TPSA) is 101 Å². The summed E-state index contributed by atoms with van der Waals surface area (Å²) in [6.07, 6.45) is 1.85. The largest absolute Gasteiger partial charge is 0.442 e. The molecule has 0 radical (unpaired) electrons. The summed E-state index contributed by atoms with van der Waals surface area (Å²) < 4.78 is 16.3. The van der Waals surface area contributed by atoms with Crippen molar-refractivity contribution < 1.29 is 28.6 Å². The predicted molar refractivity (Wildman–Crippen MR) is 106 cm³/mol. The number of rotatable bonds is 7. The van der Waals surface area contributed by atoms with E-state index < -0.39 is 6.10 Å². The van der Waals surface area contributed by atoms with E-state index in [1.807, 2.05) is 4.90 Å². The Morgan fingerprint density at radius 1 is 1.27 bits per heavy atom. The van der Waals surface area contributed by atoms with E-state index in [1.54, 1.807) is 16.7 Å². The molecule has 0 aliphatic carbocycles. The molecule has 0 aromatic rings. The summed E-state index contributed by atoms with van der Waals surface area (Å²) >= 11 is 0. The van der Waals surface area contributed by atoms with Crippen molar-refractivity contribution in [3.8, 4) is 0 Å². The maximum absolute atomic E-state index is 12.5. The number of nitrogens with one attached hydrogen (secondary N) is 1. The third kappa shape index (κ3) is 4.40. The van der Waals surface area contributed by atoms with Gasteiger partial charge in [-0.25, -0.2) is 4.79 Å². The quantitative estimate of drug-likeness (QED) is 0.584. The van der Waals surface area contributed by atoms with Crippen LogP contribution in [0.4, 0.5) is 4.79 Å². The van der Waals surface area contributed by atoms with Crippen molar-refractivity contribution in [2.75, 3.05) is 53.0 Å². The molecule has 0 spiro atoms. The van der Waals surface area contributed by atoms with Gasteiger partial charge in [0.1, 0.15) is 12.2 Å². The fourth-order valence-corrected chi connectivity index (χ4v) is 4.91. The minimum atomic E-state index is -0.489. The molecule has 1 N–H and O–H groups in total. The van der Waals surface area contributed by atoms with Crippen molar-refractivity contribution in [1.82, 2.24) is 20.0 Å². The first-order chi connectivity index (χ1) is 14.5. The highest BCUT2D eigenvalue weighted by Crippen LogP contribution is 2.31. The lowest BCUT2D eigenvalue weighted by Crippen LogP contribution is -2.48. The van der Waals surface area contributed by atoms with Gasteiger partial charge >= 0.3 is 6.09 Å². The van der Waals surface area contributed by atoms with E-state index in [0.717, 1.165) is 25.9 Å². The van der Waals surface area contributed by atoms with E-state index >= 15 is 0 Å². The fraction of sp³-hybridized carbons (Fsp3) is 0.850. The number of likely N-dealkylation sites (tertiary alicyclic amines) is 2. The van der Waals surface area contributed by atoms with Crippen LogP contribution in [0.1, 0.15) is 26.2 Å². The van der Waals surface area contributed by atoms with Gasteiger partial charge in [0.15, 0.2) is 0 Å². The molecule has 0 aromatic heterocycles. The molecule has 5 atom stereocenters. The van der Waals surface area contributed by atoms with E-state index in [1.165, 1.54) is 7.11 Å². The number of hydrogen-bond acceptors (Lipinski definition) is 7. The van der Waals surface area contributed by atoms with E-state index in [0.29, 0.717) is 32.7 Å². The van der Waals surface area contributed by atoms with Crippen LogP contribution in [0.25, 0.3) is 0 Å². The lowest BCUT2D eigenvalue weighted by atomic mass is 10.1. The molecule has 0 bridgehead atoms. The Morgan fingerprint density at radius 3 is 2.83 bits per heavy atom. The molecular weight excluding hydrogens is 392 g/mol. The van der Waals surface area contributed by atoms with E-state index in [9.17, 15) is 14.4 Å². The van der Waals surface area contributed by atoms with Crippen LogP contribution in [-0.2, 0) is 23.8 Å². The average Bonchev–Trinajstić information content (AvgIpc) is 3.50. The Morgan fingerprint density at radius 2 is 2.10 bits per heavy atom. The van der Waals surface area contributed by atoms with Crippen molar-refractivity contribution in [2.24, 2.45) is 0 Å². The number of fused-ring (bicyclic) bond motifs is 1. The lowest BCUT2D eigenvalue weighted by Gasteiger charge is -2.28. The molecule has 10 heteroatoms. The Kier molecular flexibility index (Phi) is 6.45. The van der Waals surface area contributed by atoms with Gasteiger partial charge in [0.2, 0.25) is 5.91 Å². The first kappa shape index (κ1) is 21.3. The number of nitrogens with zero attached hydrogens (tertiary/aromatic N) is 3. The standard InChI is InChI=1S/C20H32N4O6/c1-13(28-2)19(26)23-6-5-14(9-23)24-16-10-22(11-17(16)30-20(24)27)12-18(25)21-8-15-4-3-7-29-15/h13-17H,3-12H2,1-2H3,(H,21,25)/t13?,14?,15?,16-,17+/m1/s1. The third-order valence-electron chi connectivity index (χ3n) is 6.62. The van der Waals surface area contributed by atoms with Crippen LogP contribution in [0.5, 0.6) is 0 Å². The molecule has 0 aromatic carbocycles. The van der Waals surface area contributed by atoms with Gasteiger partial charge in [0.05, 0.1) is 24.7 Å².